The van der Waals surface area contributed by atoms with Gasteiger partial charge in [0.25, 0.3) is 0 Å². The molecule has 0 aliphatic heterocycles. The van der Waals surface area contributed by atoms with Gasteiger partial charge < -0.3 is 11.2 Å². The highest BCUT2D eigenvalue weighted by molar-refractivity contribution is 5.73. The highest BCUT2D eigenvalue weighted by atomic mass is 15.5. The van der Waals surface area contributed by atoms with Crippen LogP contribution < -0.4 is 11.2 Å². The Morgan fingerprint density at radius 3 is 2.68 bits per heavy atom. The number of nitrogens with two attached hydrogens (primary N) is 1. The maximum atomic E-state index is 5.61. The van der Waals surface area contributed by atoms with Crippen LogP contribution in [0.1, 0.15) is 0 Å². The van der Waals surface area contributed by atoms with E-state index in [0.717, 1.165) is 22.6 Å². The molecular formula is C14H12N8. The van der Waals surface area contributed by atoms with Crippen LogP contribution in [0.2, 0.25) is 0 Å². The molecule has 0 fully saturated rings. The van der Waals surface area contributed by atoms with Crippen molar-refractivity contribution in [2.24, 2.45) is 0 Å². The highest BCUT2D eigenvalue weighted by Crippen LogP contribution is 2.24. The Balaban J connectivity index is 1.80. The van der Waals surface area contributed by atoms with Crippen LogP contribution in [0.15, 0.2) is 55.5 Å². The summed E-state index contributed by atoms with van der Waals surface area (Å²) in [5.41, 5.74) is 3.40. The second kappa shape index (κ2) is 4.85. The molecule has 0 aliphatic rings. The molecule has 0 spiro atoms. The number of hydrogen-bond acceptors (Lipinski definition) is 6. The number of pyridine rings is 1. The van der Waals surface area contributed by atoms with E-state index in [2.05, 4.69) is 25.4 Å². The van der Waals surface area contributed by atoms with Crippen molar-refractivity contribution in [2.45, 2.75) is 0 Å². The molecule has 0 radical (unpaired) electrons. The van der Waals surface area contributed by atoms with E-state index in [4.69, 9.17) is 5.84 Å². The summed E-state index contributed by atoms with van der Waals surface area (Å²) in [4.78, 5) is 14.1. The van der Waals surface area contributed by atoms with Gasteiger partial charge >= 0.3 is 0 Å². The third-order valence-corrected chi connectivity index (χ3v) is 3.27. The zero-order valence-electron chi connectivity index (χ0n) is 11.5. The molecule has 0 saturated heterocycles. The van der Waals surface area contributed by atoms with E-state index in [-0.39, 0.29) is 0 Å². The lowest BCUT2D eigenvalue weighted by Crippen LogP contribution is -2.07. The molecule has 22 heavy (non-hydrogen) atoms. The van der Waals surface area contributed by atoms with Gasteiger partial charge in [0, 0.05) is 36.0 Å². The molecule has 4 aromatic rings. The fraction of sp³-hybridized carbons (Fsp3) is 0. The zero-order chi connectivity index (χ0) is 14.9. The second-order valence-electron chi connectivity index (χ2n) is 4.68. The van der Waals surface area contributed by atoms with Crippen LogP contribution in [0.3, 0.4) is 0 Å². The molecule has 0 unspecified atom stereocenters. The minimum Gasteiger partial charge on any atom is -0.337 e. The number of rotatable bonds is 3. The Bertz CT molecular complexity index is 924. The molecule has 4 heterocycles. The van der Waals surface area contributed by atoms with Crippen molar-refractivity contribution in [1.82, 2.24) is 29.2 Å². The molecule has 0 atom stereocenters. The van der Waals surface area contributed by atoms with Crippen LogP contribution in [0.5, 0.6) is 0 Å². The van der Waals surface area contributed by atoms with Crippen LogP contribution >= 0.6 is 0 Å². The van der Waals surface area contributed by atoms with E-state index in [1.165, 1.54) is 4.79 Å². The van der Waals surface area contributed by atoms with Crippen LogP contribution in [-0.4, -0.2) is 29.2 Å². The Labute approximate surface area is 125 Å². The lowest BCUT2D eigenvalue weighted by atomic mass is 10.3. The second-order valence-corrected chi connectivity index (χ2v) is 4.68. The summed E-state index contributed by atoms with van der Waals surface area (Å²) in [5, 5.41) is 7.22. The molecule has 3 N–H and O–H groups in total. The number of nitrogen functional groups attached to an aromatic ring is 1. The molecule has 108 valence electrons. The predicted molar refractivity (Wildman–Crippen MR) is 81.9 cm³/mol. The van der Waals surface area contributed by atoms with Crippen LogP contribution in [0.25, 0.3) is 16.9 Å². The van der Waals surface area contributed by atoms with Crippen LogP contribution in [-0.2, 0) is 0 Å². The summed E-state index contributed by atoms with van der Waals surface area (Å²) < 4.78 is 1.94. The summed E-state index contributed by atoms with van der Waals surface area (Å²) in [6, 6.07) is 3.74. The van der Waals surface area contributed by atoms with E-state index in [9.17, 15) is 0 Å². The average Bonchev–Trinajstić information content (AvgIpc) is 3.15. The topological polar surface area (TPSA) is 99.0 Å². The average molecular weight is 292 g/mol. The first-order valence-corrected chi connectivity index (χ1v) is 6.60. The summed E-state index contributed by atoms with van der Waals surface area (Å²) in [5.74, 6) is 6.27. The molecule has 0 aromatic carbocycles. The van der Waals surface area contributed by atoms with Crippen molar-refractivity contribution < 1.29 is 0 Å². The maximum absolute atomic E-state index is 5.61. The van der Waals surface area contributed by atoms with Gasteiger partial charge in [0.1, 0.15) is 0 Å². The van der Waals surface area contributed by atoms with Gasteiger partial charge in [0.2, 0.25) is 0 Å². The van der Waals surface area contributed by atoms with Crippen molar-refractivity contribution in [1.29, 1.82) is 0 Å². The lowest BCUT2D eigenvalue weighted by molar-refractivity contribution is 0.832. The first kappa shape index (κ1) is 12.3. The predicted octanol–water partition coefficient (Wildman–Crippen LogP) is 1.45. The van der Waals surface area contributed by atoms with Crippen molar-refractivity contribution >= 4 is 17.2 Å². The molecule has 0 aliphatic carbocycles. The van der Waals surface area contributed by atoms with Crippen molar-refractivity contribution in [3.05, 3.63) is 55.5 Å². The summed E-state index contributed by atoms with van der Waals surface area (Å²) in [6.45, 7) is 0. The molecule has 8 nitrogen and oxygen atoms in total. The molecule has 0 bridgehead atoms. The normalized spacial score (nSPS) is 10.9. The number of hydrogen-bond donors (Lipinski definition) is 2. The van der Waals surface area contributed by atoms with E-state index in [1.54, 1.807) is 37.2 Å². The monoisotopic (exact) mass is 292 g/mol. The number of anilines is 2. The minimum atomic E-state index is 0.667. The molecule has 4 rings (SSSR count). The third-order valence-electron chi connectivity index (χ3n) is 3.27. The quantitative estimate of drug-likeness (QED) is 0.554. The SMILES string of the molecule is Nn1cc(-c2cnc3c(Nc4ccncc4)nccn23)cn1. The van der Waals surface area contributed by atoms with E-state index in [0.29, 0.717) is 5.82 Å². The fourth-order valence-electron chi connectivity index (χ4n) is 2.26. The number of imidazole rings is 1. The molecule has 0 amide bonds. The first-order valence-electron chi connectivity index (χ1n) is 6.60. The van der Waals surface area contributed by atoms with Crippen molar-refractivity contribution in [3.63, 3.8) is 0 Å². The maximum Gasteiger partial charge on any atom is 0.180 e. The summed E-state index contributed by atoms with van der Waals surface area (Å²) in [7, 11) is 0. The number of nitrogens with zero attached hydrogens (tertiary/aromatic N) is 6. The van der Waals surface area contributed by atoms with Gasteiger partial charge in [-0.1, -0.05) is 0 Å². The van der Waals surface area contributed by atoms with Gasteiger partial charge in [-0.2, -0.15) is 9.89 Å². The first-order chi connectivity index (χ1) is 10.8. The molecule has 4 aromatic heterocycles. The third kappa shape index (κ3) is 2.03. The Morgan fingerprint density at radius 1 is 1.05 bits per heavy atom. The van der Waals surface area contributed by atoms with Gasteiger partial charge in [-0.05, 0) is 12.1 Å². The van der Waals surface area contributed by atoms with Gasteiger partial charge in [-0.3, -0.25) is 9.38 Å². The zero-order valence-corrected chi connectivity index (χ0v) is 11.5. The summed E-state index contributed by atoms with van der Waals surface area (Å²) in [6.07, 6.45) is 12.2. The molecular weight excluding hydrogens is 280 g/mol. The van der Waals surface area contributed by atoms with Gasteiger partial charge in [-0.15, -0.1) is 0 Å². The van der Waals surface area contributed by atoms with E-state index in [1.807, 2.05) is 22.7 Å². The standard InChI is InChI=1S/C14H12N8/c15-22-9-10(7-19-22)12-8-18-14-13(17-5-6-21(12)14)20-11-1-3-16-4-2-11/h1-9H,15H2,(H,16,17,20). The van der Waals surface area contributed by atoms with Crippen molar-refractivity contribution in [2.75, 3.05) is 11.2 Å². The highest BCUT2D eigenvalue weighted by Gasteiger charge is 2.11. The Kier molecular flexibility index (Phi) is 2.72. The minimum absolute atomic E-state index is 0.667. The largest absolute Gasteiger partial charge is 0.337 e. The van der Waals surface area contributed by atoms with E-state index < -0.39 is 0 Å². The Hall–Kier alpha value is -3.42. The number of fused-ring (bicyclic) bond motifs is 1. The van der Waals surface area contributed by atoms with Crippen LogP contribution in [0.4, 0.5) is 11.5 Å². The number of nitrogens with one attached hydrogen (secondary N) is 1. The molecule has 0 saturated carbocycles. The van der Waals surface area contributed by atoms with Crippen LogP contribution in [0, 0.1) is 0 Å². The van der Waals surface area contributed by atoms with Crippen molar-refractivity contribution in [3.8, 4) is 11.3 Å². The Morgan fingerprint density at radius 2 is 1.91 bits per heavy atom. The number of aromatic nitrogens is 6. The fourth-order valence-corrected chi connectivity index (χ4v) is 2.26. The lowest BCUT2D eigenvalue weighted by Gasteiger charge is -2.06. The summed E-state index contributed by atoms with van der Waals surface area (Å²) >= 11 is 0. The van der Waals surface area contributed by atoms with Gasteiger partial charge in [0.15, 0.2) is 11.5 Å². The smallest absolute Gasteiger partial charge is 0.180 e. The van der Waals surface area contributed by atoms with Gasteiger partial charge in [0.05, 0.1) is 24.3 Å². The van der Waals surface area contributed by atoms with Gasteiger partial charge in [-0.25, -0.2) is 9.97 Å². The van der Waals surface area contributed by atoms with E-state index >= 15 is 0 Å². The molecule has 8 heteroatoms.